The number of methoxy groups -OCH3 is 1. The van der Waals surface area contributed by atoms with Gasteiger partial charge < -0.3 is 10.1 Å². The zero-order valence-electron chi connectivity index (χ0n) is 13.5. The highest BCUT2D eigenvalue weighted by atomic mass is 19.1. The van der Waals surface area contributed by atoms with Crippen molar-refractivity contribution in [3.05, 3.63) is 17.3 Å². The van der Waals surface area contributed by atoms with Gasteiger partial charge in [0.2, 0.25) is 0 Å². The fourth-order valence-corrected chi connectivity index (χ4v) is 3.11. The third-order valence-electron chi connectivity index (χ3n) is 4.31. The minimum Gasteiger partial charge on any atom is -0.370 e. The van der Waals surface area contributed by atoms with Crippen LogP contribution in [-0.2, 0) is 10.3 Å². The second-order valence-electron chi connectivity index (χ2n) is 6.12. The van der Waals surface area contributed by atoms with Gasteiger partial charge >= 0.3 is 0 Å². The smallest absolute Gasteiger partial charge is 0.186 e. The molecule has 0 spiro atoms. The molecule has 0 aromatic carbocycles. The van der Waals surface area contributed by atoms with Crippen LogP contribution in [0, 0.1) is 18.7 Å². The van der Waals surface area contributed by atoms with Crippen LogP contribution >= 0.6 is 0 Å². The molecule has 4 nitrogen and oxygen atoms in total. The molecule has 2 unspecified atom stereocenters. The molecule has 0 radical (unpaired) electrons. The highest BCUT2D eigenvalue weighted by Crippen LogP contribution is 2.41. The topological polar surface area (TPSA) is 47.0 Å². The summed E-state index contributed by atoms with van der Waals surface area (Å²) in [6.07, 6.45) is 5.00. The molecule has 1 fully saturated rings. The van der Waals surface area contributed by atoms with E-state index in [9.17, 15) is 4.39 Å². The molecule has 1 heterocycles. The Labute approximate surface area is 126 Å². The van der Waals surface area contributed by atoms with E-state index < -0.39 is 5.60 Å². The highest BCUT2D eigenvalue weighted by Gasteiger charge is 2.40. The minimum absolute atomic E-state index is 0.300. The van der Waals surface area contributed by atoms with Gasteiger partial charge in [-0.3, -0.25) is 0 Å². The van der Waals surface area contributed by atoms with Gasteiger partial charge in [0.1, 0.15) is 5.60 Å². The molecular weight excluding hydrogens is 269 g/mol. The van der Waals surface area contributed by atoms with Crippen LogP contribution in [0.3, 0.4) is 0 Å². The van der Waals surface area contributed by atoms with Gasteiger partial charge in [-0.25, -0.2) is 14.4 Å². The summed E-state index contributed by atoms with van der Waals surface area (Å²) in [5.74, 6) is 1.13. The summed E-state index contributed by atoms with van der Waals surface area (Å²) in [7, 11) is 1.71. The van der Waals surface area contributed by atoms with Gasteiger partial charge in [-0.2, -0.15) is 0 Å². The van der Waals surface area contributed by atoms with E-state index in [0.717, 1.165) is 25.7 Å². The number of rotatable bonds is 5. The van der Waals surface area contributed by atoms with Crippen molar-refractivity contribution in [2.75, 3.05) is 19.0 Å². The molecule has 0 aliphatic heterocycles. The van der Waals surface area contributed by atoms with Gasteiger partial charge in [-0.15, -0.1) is 0 Å². The SMILES string of the molecule is CCCNc1nc(C2(OC)CCCC(C)C2)nc(C)c1F. The van der Waals surface area contributed by atoms with E-state index in [4.69, 9.17) is 4.74 Å². The van der Waals surface area contributed by atoms with Crippen molar-refractivity contribution < 1.29 is 9.13 Å². The van der Waals surface area contributed by atoms with Crippen molar-refractivity contribution in [1.82, 2.24) is 9.97 Å². The average molecular weight is 295 g/mol. The van der Waals surface area contributed by atoms with Crippen molar-refractivity contribution in [2.24, 2.45) is 5.92 Å². The summed E-state index contributed by atoms with van der Waals surface area (Å²) in [4.78, 5) is 8.84. The van der Waals surface area contributed by atoms with Gasteiger partial charge in [0, 0.05) is 13.7 Å². The number of aromatic nitrogens is 2. The Bertz CT molecular complexity index is 495. The third kappa shape index (κ3) is 3.34. The number of anilines is 1. The molecule has 2 atom stereocenters. The van der Waals surface area contributed by atoms with E-state index in [-0.39, 0.29) is 5.82 Å². The molecule has 1 aromatic rings. The first kappa shape index (κ1) is 16.1. The Balaban J connectivity index is 2.39. The van der Waals surface area contributed by atoms with Gasteiger partial charge in [-0.1, -0.05) is 20.3 Å². The normalized spacial score (nSPS) is 25.9. The van der Waals surface area contributed by atoms with Crippen molar-refractivity contribution in [3.8, 4) is 0 Å². The third-order valence-corrected chi connectivity index (χ3v) is 4.31. The first-order valence-corrected chi connectivity index (χ1v) is 7.86. The summed E-state index contributed by atoms with van der Waals surface area (Å²) in [6.45, 7) is 6.65. The molecule has 1 aliphatic rings. The van der Waals surface area contributed by atoms with E-state index in [0.29, 0.717) is 29.8 Å². The maximum atomic E-state index is 14.1. The van der Waals surface area contributed by atoms with E-state index in [1.165, 1.54) is 6.42 Å². The molecule has 21 heavy (non-hydrogen) atoms. The predicted molar refractivity (Wildman–Crippen MR) is 81.8 cm³/mol. The number of nitrogens with one attached hydrogen (secondary N) is 1. The predicted octanol–water partition coefficient (Wildman–Crippen LogP) is 3.80. The van der Waals surface area contributed by atoms with E-state index in [1.807, 2.05) is 6.92 Å². The van der Waals surface area contributed by atoms with Crippen molar-refractivity contribution >= 4 is 5.82 Å². The van der Waals surface area contributed by atoms with Crippen LogP contribution in [-0.4, -0.2) is 23.6 Å². The molecule has 0 bridgehead atoms. The monoisotopic (exact) mass is 295 g/mol. The summed E-state index contributed by atoms with van der Waals surface area (Å²) >= 11 is 0. The maximum absolute atomic E-state index is 14.1. The summed E-state index contributed by atoms with van der Waals surface area (Å²) in [5.41, 5.74) is -0.0908. The van der Waals surface area contributed by atoms with E-state index in [2.05, 4.69) is 22.2 Å². The quantitative estimate of drug-likeness (QED) is 0.897. The molecule has 1 aliphatic carbocycles. The molecule has 0 amide bonds. The van der Waals surface area contributed by atoms with Crippen LogP contribution in [0.2, 0.25) is 0 Å². The van der Waals surface area contributed by atoms with Crippen LogP contribution in [0.4, 0.5) is 10.2 Å². The van der Waals surface area contributed by atoms with Crippen LogP contribution in [0.1, 0.15) is 57.5 Å². The lowest BCUT2D eigenvalue weighted by Crippen LogP contribution is -2.36. The van der Waals surface area contributed by atoms with E-state index in [1.54, 1.807) is 14.0 Å². The number of aryl methyl sites for hydroxylation is 1. The summed E-state index contributed by atoms with van der Waals surface area (Å²) < 4.78 is 20.0. The molecule has 118 valence electrons. The Morgan fingerprint density at radius 1 is 1.43 bits per heavy atom. The molecule has 5 heteroatoms. The second kappa shape index (κ2) is 6.69. The maximum Gasteiger partial charge on any atom is 0.186 e. The van der Waals surface area contributed by atoms with Crippen LogP contribution < -0.4 is 5.32 Å². The lowest BCUT2D eigenvalue weighted by atomic mass is 9.78. The van der Waals surface area contributed by atoms with Gasteiger partial charge in [0.15, 0.2) is 17.5 Å². The first-order valence-electron chi connectivity index (χ1n) is 7.86. The molecule has 1 N–H and O–H groups in total. The number of hydrogen-bond acceptors (Lipinski definition) is 4. The van der Waals surface area contributed by atoms with Crippen molar-refractivity contribution in [2.45, 2.75) is 58.5 Å². The zero-order valence-corrected chi connectivity index (χ0v) is 13.5. The number of halogens is 1. The van der Waals surface area contributed by atoms with Crippen LogP contribution in [0.5, 0.6) is 0 Å². The molecule has 1 saturated carbocycles. The molecule has 0 saturated heterocycles. The number of hydrogen-bond donors (Lipinski definition) is 1. The Hall–Kier alpha value is -1.23. The van der Waals surface area contributed by atoms with Gasteiger partial charge in [0.05, 0.1) is 5.69 Å². The first-order chi connectivity index (χ1) is 10.0. The fourth-order valence-electron chi connectivity index (χ4n) is 3.11. The van der Waals surface area contributed by atoms with Crippen LogP contribution in [0.15, 0.2) is 0 Å². The summed E-state index contributed by atoms with van der Waals surface area (Å²) in [6, 6.07) is 0. The number of nitrogens with zero attached hydrogens (tertiary/aromatic N) is 2. The minimum atomic E-state index is -0.473. The second-order valence-corrected chi connectivity index (χ2v) is 6.12. The Morgan fingerprint density at radius 3 is 2.81 bits per heavy atom. The average Bonchev–Trinajstić information content (AvgIpc) is 2.48. The Morgan fingerprint density at radius 2 is 2.19 bits per heavy atom. The molecule has 2 rings (SSSR count). The lowest BCUT2D eigenvalue weighted by Gasteiger charge is -2.37. The fraction of sp³-hybridized carbons (Fsp3) is 0.750. The largest absolute Gasteiger partial charge is 0.370 e. The van der Waals surface area contributed by atoms with E-state index >= 15 is 0 Å². The van der Waals surface area contributed by atoms with Crippen molar-refractivity contribution in [1.29, 1.82) is 0 Å². The molecular formula is C16H26FN3O. The Kier molecular flexibility index (Phi) is 5.14. The standard InChI is InChI=1S/C16H26FN3O/c1-5-9-18-14-13(17)12(3)19-15(20-14)16(21-4)8-6-7-11(2)10-16/h11H,5-10H2,1-4H3,(H,18,19,20). The highest BCUT2D eigenvalue weighted by molar-refractivity contribution is 5.39. The van der Waals surface area contributed by atoms with Crippen molar-refractivity contribution in [3.63, 3.8) is 0 Å². The summed E-state index contributed by atoms with van der Waals surface area (Å²) in [5, 5.41) is 3.05. The molecule has 1 aromatic heterocycles. The zero-order chi connectivity index (χ0) is 15.5. The number of ether oxygens (including phenoxy) is 1. The van der Waals surface area contributed by atoms with Crippen LogP contribution in [0.25, 0.3) is 0 Å². The van der Waals surface area contributed by atoms with Gasteiger partial charge in [-0.05, 0) is 38.5 Å². The lowest BCUT2D eigenvalue weighted by molar-refractivity contribution is -0.0647. The van der Waals surface area contributed by atoms with Gasteiger partial charge in [0.25, 0.3) is 0 Å².